The van der Waals surface area contributed by atoms with Crippen molar-refractivity contribution in [3.63, 3.8) is 0 Å². The van der Waals surface area contributed by atoms with Crippen LogP contribution in [0.3, 0.4) is 0 Å². The van der Waals surface area contributed by atoms with Crippen LogP contribution in [-0.4, -0.2) is 29.5 Å². The van der Waals surface area contributed by atoms with E-state index in [-0.39, 0.29) is 18.9 Å². The summed E-state index contributed by atoms with van der Waals surface area (Å²) in [6, 6.07) is 18.4. The van der Waals surface area contributed by atoms with E-state index in [1.807, 2.05) is 60.7 Å². The fourth-order valence-electron chi connectivity index (χ4n) is 3.82. The Kier molecular flexibility index (Phi) is 6.74. The Bertz CT molecular complexity index is 974. The van der Waals surface area contributed by atoms with E-state index in [0.717, 1.165) is 5.56 Å². The Labute approximate surface area is 181 Å². The van der Waals surface area contributed by atoms with Gasteiger partial charge in [0.2, 0.25) is 5.91 Å². The fourth-order valence-corrected chi connectivity index (χ4v) is 3.82. The van der Waals surface area contributed by atoms with Crippen molar-refractivity contribution in [3.8, 4) is 0 Å². The quantitative estimate of drug-likeness (QED) is 0.719. The summed E-state index contributed by atoms with van der Waals surface area (Å²) >= 11 is 0. The van der Waals surface area contributed by atoms with Crippen LogP contribution in [0.15, 0.2) is 66.7 Å². The average Bonchev–Trinajstić information content (AvgIpc) is 2.75. The second kappa shape index (κ2) is 9.47. The maximum Gasteiger partial charge on any atom is 0.329 e. The Morgan fingerprint density at radius 2 is 1.65 bits per heavy atom. The minimum absolute atomic E-state index is 0.124. The summed E-state index contributed by atoms with van der Waals surface area (Å²) in [6.07, 6.45) is 1.85. The van der Waals surface area contributed by atoms with Crippen molar-refractivity contribution in [2.75, 3.05) is 6.61 Å². The molecule has 1 heterocycles. The SMILES string of the molecule is CCOC(=O)C1C=C(c2ccccc2)N(OC(C)=O)C(NC(C)=O)(c2ccccc2)C1. The molecule has 2 aromatic rings. The molecule has 0 fully saturated rings. The zero-order valence-electron chi connectivity index (χ0n) is 17.8. The van der Waals surface area contributed by atoms with E-state index in [2.05, 4.69) is 5.32 Å². The van der Waals surface area contributed by atoms with Crippen LogP contribution in [0.2, 0.25) is 0 Å². The molecule has 0 saturated heterocycles. The maximum absolute atomic E-state index is 12.8. The zero-order chi connectivity index (χ0) is 22.4. The summed E-state index contributed by atoms with van der Waals surface area (Å²) in [6.45, 7) is 4.65. The molecule has 1 amide bonds. The van der Waals surface area contributed by atoms with E-state index >= 15 is 0 Å². The summed E-state index contributed by atoms with van der Waals surface area (Å²) in [4.78, 5) is 42.9. The van der Waals surface area contributed by atoms with Crippen molar-refractivity contribution in [1.29, 1.82) is 0 Å². The first-order chi connectivity index (χ1) is 14.9. The van der Waals surface area contributed by atoms with Crippen LogP contribution in [0, 0.1) is 5.92 Å². The van der Waals surface area contributed by atoms with Crippen LogP contribution >= 0.6 is 0 Å². The van der Waals surface area contributed by atoms with E-state index in [9.17, 15) is 14.4 Å². The molecule has 7 nitrogen and oxygen atoms in total. The number of amides is 1. The smallest absolute Gasteiger partial charge is 0.329 e. The molecule has 2 unspecified atom stereocenters. The molecule has 0 bridgehead atoms. The Balaban J connectivity index is 2.27. The summed E-state index contributed by atoms with van der Waals surface area (Å²) < 4.78 is 5.29. The highest BCUT2D eigenvalue weighted by Crippen LogP contribution is 2.44. The van der Waals surface area contributed by atoms with Gasteiger partial charge in [0.1, 0.15) is 0 Å². The number of benzene rings is 2. The molecule has 1 aliphatic rings. The highest BCUT2D eigenvalue weighted by Gasteiger charge is 2.49. The molecule has 1 aliphatic heterocycles. The van der Waals surface area contributed by atoms with Gasteiger partial charge in [-0.2, -0.15) is 5.06 Å². The molecule has 2 aromatic carbocycles. The lowest BCUT2D eigenvalue weighted by atomic mass is 9.82. The van der Waals surface area contributed by atoms with Crippen LogP contribution < -0.4 is 5.32 Å². The minimum atomic E-state index is -1.31. The second-order valence-electron chi connectivity index (χ2n) is 7.27. The Morgan fingerprint density at radius 3 is 2.19 bits per heavy atom. The molecule has 0 aromatic heterocycles. The van der Waals surface area contributed by atoms with Gasteiger partial charge in [-0.25, -0.2) is 0 Å². The van der Waals surface area contributed by atoms with E-state index in [1.165, 1.54) is 18.9 Å². The number of nitrogens with zero attached hydrogens (tertiary/aromatic N) is 1. The van der Waals surface area contributed by atoms with Crippen molar-refractivity contribution in [1.82, 2.24) is 10.4 Å². The monoisotopic (exact) mass is 422 g/mol. The molecule has 1 N–H and O–H groups in total. The normalized spacial score (nSPS) is 20.4. The topological polar surface area (TPSA) is 84.9 Å². The molecule has 0 aliphatic carbocycles. The highest BCUT2D eigenvalue weighted by atomic mass is 16.7. The van der Waals surface area contributed by atoms with E-state index in [4.69, 9.17) is 9.57 Å². The van der Waals surface area contributed by atoms with Crippen molar-refractivity contribution >= 4 is 23.5 Å². The van der Waals surface area contributed by atoms with Gasteiger partial charge in [-0.15, -0.1) is 0 Å². The number of carbonyl (C=O) groups excluding carboxylic acids is 3. The van der Waals surface area contributed by atoms with Gasteiger partial charge in [-0.3, -0.25) is 14.4 Å². The lowest BCUT2D eigenvalue weighted by Gasteiger charge is -2.48. The van der Waals surface area contributed by atoms with Crippen LogP contribution in [0.4, 0.5) is 0 Å². The van der Waals surface area contributed by atoms with E-state index < -0.39 is 23.5 Å². The Morgan fingerprint density at radius 1 is 1.03 bits per heavy atom. The predicted octanol–water partition coefficient (Wildman–Crippen LogP) is 3.38. The molecule has 3 rings (SSSR count). The summed E-state index contributed by atoms with van der Waals surface area (Å²) in [5, 5.41) is 4.35. The third kappa shape index (κ3) is 4.77. The van der Waals surface area contributed by atoms with Crippen LogP contribution in [0.25, 0.3) is 5.70 Å². The van der Waals surface area contributed by atoms with Crippen LogP contribution in [0.5, 0.6) is 0 Å². The standard InChI is InChI=1S/C24H26N2O5/c1-4-30-23(29)20-15-22(19-11-7-5-8-12-19)26(31-18(3)28)24(16-20,25-17(2)27)21-13-9-6-10-14-21/h5-15,20H,4,16H2,1-3H3,(H,25,27). The van der Waals surface area contributed by atoms with Crippen molar-refractivity contribution in [2.45, 2.75) is 32.9 Å². The van der Waals surface area contributed by atoms with Crippen molar-refractivity contribution in [3.05, 3.63) is 77.9 Å². The first kappa shape index (κ1) is 22.1. The first-order valence-corrected chi connectivity index (χ1v) is 10.1. The molecule has 7 heteroatoms. The minimum Gasteiger partial charge on any atom is -0.466 e. The third-order valence-corrected chi connectivity index (χ3v) is 4.95. The van der Waals surface area contributed by atoms with Gasteiger partial charge in [-0.1, -0.05) is 60.7 Å². The summed E-state index contributed by atoms with van der Waals surface area (Å²) in [5.41, 5.74) is 0.569. The zero-order valence-corrected chi connectivity index (χ0v) is 17.8. The highest BCUT2D eigenvalue weighted by molar-refractivity contribution is 5.81. The summed E-state index contributed by atoms with van der Waals surface area (Å²) in [7, 11) is 0. The molecule has 31 heavy (non-hydrogen) atoms. The average molecular weight is 422 g/mol. The molecule has 2 atom stereocenters. The van der Waals surface area contributed by atoms with Gasteiger partial charge in [0.15, 0.2) is 5.66 Å². The van der Waals surface area contributed by atoms with Crippen molar-refractivity contribution in [2.24, 2.45) is 5.92 Å². The second-order valence-corrected chi connectivity index (χ2v) is 7.27. The largest absolute Gasteiger partial charge is 0.466 e. The summed E-state index contributed by atoms with van der Waals surface area (Å²) in [5.74, 6) is -1.97. The van der Waals surface area contributed by atoms with Gasteiger partial charge in [0, 0.05) is 31.4 Å². The molecule has 0 radical (unpaired) electrons. The number of hydrogen-bond donors (Lipinski definition) is 1. The molecule has 162 valence electrons. The van der Waals surface area contributed by atoms with Crippen LogP contribution in [-0.2, 0) is 29.6 Å². The number of carbonyl (C=O) groups is 3. The van der Waals surface area contributed by atoms with Gasteiger partial charge in [0.25, 0.3) is 0 Å². The number of esters is 1. The molecule has 0 saturated carbocycles. The van der Waals surface area contributed by atoms with Gasteiger partial charge in [0.05, 0.1) is 18.2 Å². The molecule has 0 spiro atoms. The number of ether oxygens (including phenoxy) is 1. The van der Waals surface area contributed by atoms with Gasteiger partial charge in [-0.05, 0) is 13.0 Å². The fraction of sp³-hybridized carbons (Fsp3) is 0.292. The molecular formula is C24H26N2O5. The maximum atomic E-state index is 12.8. The number of hydroxylamine groups is 2. The number of rotatable bonds is 6. The molecular weight excluding hydrogens is 396 g/mol. The Hall–Kier alpha value is -3.61. The number of hydrogen-bond acceptors (Lipinski definition) is 6. The van der Waals surface area contributed by atoms with Gasteiger partial charge >= 0.3 is 11.9 Å². The lowest BCUT2D eigenvalue weighted by Crippen LogP contribution is -2.60. The third-order valence-electron chi connectivity index (χ3n) is 4.95. The van der Waals surface area contributed by atoms with Gasteiger partial charge < -0.3 is 14.9 Å². The van der Waals surface area contributed by atoms with E-state index in [1.54, 1.807) is 13.0 Å². The van der Waals surface area contributed by atoms with Crippen LogP contribution in [0.1, 0.15) is 38.3 Å². The van der Waals surface area contributed by atoms with E-state index in [0.29, 0.717) is 11.3 Å². The number of nitrogens with one attached hydrogen (secondary N) is 1. The predicted molar refractivity (Wildman–Crippen MR) is 115 cm³/mol. The first-order valence-electron chi connectivity index (χ1n) is 10.1. The van der Waals surface area contributed by atoms with Crippen molar-refractivity contribution < 1.29 is 24.0 Å². The lowest BCUT2D eigenvalue weighted by molar-refractivity contribution is -0.209.